The van der Waals surface area contributed by atoms with Crippen LogP contribution in [0.2, 0.25) is 0 Å². The third-order valence-electron chi connectivity index (χ3n) is 2.87. The molecule has 0 aromatic heterocycles. The van der Waals surface area contributed by atoms with Crippen LogP contribution in [0.1, 0.15) is 37.0 Å². The molecule has 0 fully saturated rings. The molecule has 0 unspecified atom stereocenters. The fourth-order valence-electron chi connectivity index (χ4n) is 1.82. The zero-order valence-corrected chi connectivity index (χ0v) is 12.4. The van der Waals surface area contributed by atoms with Gasteiger partial charge in [-0.05, 0) is 25.5 Å². The number of rotatable bonds is 7. The molecule has 3 N–H and O–H groups in total. The summed E-state index contributed by atoms with van der Waals surface area (Å²) < 4.78 is 0. The molecule has 1 atom stereocenters. The first kappa shape index (κ1) is 17.4. The largest absolute Gasteiger partial charge is 0.480 e. The molecular weight excluding hydrogens is 288 g/mol. The van der Waals surface area contributed by atoms with Crippen LogP contribution in [0.15, 0.2) is 24.3 Å². The van der Waals surface area contributed by atoms with Crippen molar-refractivity contribution >= 4 is 29.3 Å². The first-order chi connectivity index (χ1) is 10.3. The van der Waals surface area contributed by atoms with Gasteiger partial charge in [-0.3, -0.25) is 9.59 Å². The number of nitrogens with one attached hydrogen (secondary N) is 2. The zero-order chi connectivity index (χ0) is 16.7. The summed E-state index contributed by atoms with van der Waals surface area (Å²) in [5, 5.41) is 14.0. The molecule has 0 aliphatic rings. The number of carbonyl (C=O) groups is 4. The summed E-state index contributed by atoms with van der Waals surface area (Å²) in [7, 11) is 0. The van der Waals surface area contributed by atoms with Gasteiger partial charge in [-0.2, -0.15) is 0 Å². The third-order valence-corrected chi connectivity index (χ3v) is 2.87. The monoisotopic (exact) mass is 306 g/mol. The van der Waals surface area contributed by atoms with E-state index in [1.54, 1.807) is 18.2 Å². The molecule has 0 aliphatic carbocycles. The summed E-state index contributed by atoms with van der Waals surface area (Å²) in [5.74, 6) is -2.34. The number of carbonyl (C=O) groups excluding carboxylic acids is 3. The Morgan fingerprint density at radius 2 is 1.77 bits per heavy atom. The fraction of sp³-hybridized carbons (Fsp3) is 0.333. The summed E-state index contributed by atoms with van der Waals surface area (Å²) in [6.07, 6.45) is 0.0727. The van der Waals surface area contributed by atoms with Gasteiger partial charge in [0.15, 0.2) is 0 Å². The highest BCUT2D eigenvalue weighted by Crippen LogP contribution is 2.15. The lowest BCUT2D eigenvalue weighted by Gasteiger charge is -2.15. The Hall–Kier alpha value is -2.70. The number of hydrogen-bond acceptors (Lipinski definition) is 4. The maximum absolute atomic E-state index is 12.2. The minimum atomic E-state index is -1.22. The number of aliphatic carboxylic acids is 1. The average Bonchev–Trinajstić information content (AvgIpc) is 2.42. The van der Waals surface area contributed by atoms with E-state index >= 15 is 0 Å². The lowest BCUT2D eigenvalue weighted by atomic mass is 10.1. The molecule has 118 valence electrons. The van der Waals surface area contributed by atoms with E-state index in [9.17, 15) is 19.2 Å². The molecule has 7 heteroatoms. The minimum Gasteiger partial charge on any atom is -0.480 e. The topological polar surface area (TPSA) is 113 Å². The molecule has 0 spiro atoms. The highest BCUT2D eigenvalue weighted by molar-refractivity contribution is 6.04. The predicted molar refractivity (Wildman–Crippen MR) is 79.6 cm³/mol. The van der Waals surface area contributed by atoms with Crippen LogP contribution in [-0.4, -0.2) is 34.7 Å². The Balaban J connectivity index is 2.88. The van der Waals surface area contributed by atoms with Crippen LogP contribution in [0.4, 0.5) is 5.69 Å². The van der Waals surface area contributed by atoms with Gasteiger partial charge in [0.1, 0.15) is 11.8 Å². The molecule has 0 bridgehead atoms. The van der Waals surface area contributed by atoms with Crippen LogP contribution in [0, 0.1) is 0 Å². The van der Waals surface area contributed by atoms with Crippen molar-refractivity contribution in [3.63, 3.8) is 0 Å². The number of carboxylic acid groups (broad SMARTS) is 1. The second-order valence-electron chi connectivity index (χ2n) is 4.83. The van der Waals surface area contributed by atoms with Crippen molar-refractivity contribution in [2.75, 3.05) is 5.32 Å². The molecule has 22 heavy (non-hydrogen) atoms. The van der Waals surface area contributed by atoms with E-state index in [1.807, 2.05) is 0 Å². The molecule has 2 amide bonds. The zero-order valence-electron chi connectivity index (χ0n) is 12.4. The van der Waals surface area contributed by atoms with Crippen LogP contribution < -0.4 is 10.6 Å². The van der Waals surface area contributed by atoms with Crippen molar-refractivity contribution in [3.8, 4) is 0 Å². The summed E-state index contributed by atoms with van der Waals surface area (Å²) >= 11 is 0. The number of hydrogen-bond donors (Lipinski definition) is 3. The Morgan fingerprint density at radius 1 is 1.14 bits per heavy atom. The van der Waals surface area contributed by atoms with Gasteiger partial charge < -0.3 is 20.5 Å². The quantitative estimate of drug-likeness (QED) is 0.700. The van der Waals surface area contributed by atoms with Gasteiger partial charge in [-0.25, -0.2) is 4.79 Å². The first-order valence-corrected chi connectivity index (χ1v) is 6.71. The van der Waals surface area contributed by atoms with Crippen molar-refractivity contribution in [1.29, 1.82) is 0 Å². The van der Waals surface area contributed by atoms with E-state index in [1.165, 1.54) is 19.9 Å². The number of carboxylic acids is 1. The van der Waals surface area contributed by atoms with E-state index < -0.39 is 17.9 Å². The number of benzene rings is 1. The van der Waals surface area contributed by atoms with Crippen molar-refractivity contribution in [2.45, 2.75) is 32.7 Å². The Bertz CT molecular complexity index is 597. The lowest BCUT2D eigenvalue weighted by Crippen LogP contribution is -2.41. The van der Waals surface area contributed by atoms with Gasteiger partial charge in [-0.1, -0.05) is 12.1 Å². The molecular formula is C15H18N2O5. The standard InChI is InChI=1S/C15H18N2O5/c1-9(18)7-8-13(15(21)22)17-14(20)11-5-3-4-6-12(11)16-10(2)19/h3-6,13H,7-8H2,1-2H3,(H,16,19)(H,17,20)(H,21,22)/t13-/m1/s1. The molecule has 0 radical (unpaired) electrons. The fourth-order valence-corrected chi connectivity index (χ4v) is 1.82. The molecule has 1 aromatic rings. The van der Waals surface area contributed by atoms with Gasteiger partial charge in [-0.15, -0.1) is 0 Å². The number of Topliss-reactive ketones (excluding diaryl/α,β-unsaturated/α-hetero) is 1. The van der Waals surface area contributed by atoms with E-state index in [0.717, 1.165) is 0 Å². The molecule has 7 nitrogen and oxygen atoms in total. The van der Waals surface area contributed by atoms with Crippen LogP contribution in [-0.2, 0) is 14.4 Å². The van der Waals surface area contributed by atoms with Crippen LogP contribution in [0.25, 0.3) is 0 Å². The molecule has 0 heterocycles. The number of para-hydroxylation sites is 1. The highest BCUT2D eigenvalue weighted by atomic mass is 16.4. The van der Waals surface area contributed by atoms with Gasteiger partial charge in [0, 0.05) is 13.3 Å². The molecule has 0 saturated carbocycles. The maximum atomic E-state index is 12.2. The predicted octanol–water partition coefficient (Wildman–Crippen LogP) is 1.20. The van der Waals surface area contributed by atoms with Gasteiger partial charge >= 0.3 is 5.97 Å². The number of ketones is 1. The minimum absolute atomic E-state index is 0.0126. The van der Waals surface area contributed by atoms with Crippen LogP contribution in [0.3, 0.4) is 0 Å². The second-order valence-corrected chi connectivity index (χ2v) is 4.83. The Morgan fingerprint density at radius 3 is 2.32 bits per heavy atom. The van der Waals surface area contributed by atoms with E-state index in [0.29, 0.717) is 5.69 Å². The lowest BCUT2D eigenvalue weighted by molar-refractivity contribution is -0.139. The number of amides is 2. The van der Waals surface area contributed by atoms with E-state index in [4.69, 9.17) is 5.11 Å². The van der Waals surface area contributed by atoms with Crippen LogP contribution in [0.5, 0.6) is 0 Å². The molecule has 0 aliphatic heterocycles. The summed E-state index contributed by atoms with van der Waals surface area (Å²) in [5.41, 5.74) is 0.454. The van der Waals surface area contributed by atoms with Crippen molar-refractivity contribution in [1.82, 2.24) is 5.32 Å². The summed E-state index contributed by atoms with van der Waals surface area (Å²) in [6.45, 7) is 2.66. The second kappa shape index (κ2) is 7.92. The Labute approximate surface area is 127 Å². The molecule has 1 aromatic carbocycles. The third kappa shape index (κ3) is 5.35. The van der Waals surface area contributed by atoms with Crippen molar-refractivity contribution < 1.29 is 24.3 Å². The Kier molecular flexibility index (Phi) is 6.25. The van der Waals surface area contributed by atoms with E-state index in [-0.39, 0.29) is 30.1 Å². The smallest absolute Gasteiger partial charge is 0.326 e. The highest BCUT2D eigenvalue weighted by Gasteiger charge is 2.22. The van der Waals surface area contributed by atoms with Crippen LogP contribution >= 0.6 is 0 Å². The average molecular weight is 306 g/mol. The molecule has 1 rings (SSSR count). The number of anilines is 1. The maximum Gasteiger partial charge on any atom is 0.326 e. The van der Waals surface area contributed by atoms with Crippen molar-refractivity contribution in [2.24, 2.45) is 0 Å². The molecule has 0 saturated heterocycles. The summed E-state index contributed by atoms with van der Waals surface area (Å²) in [4.78, 5) is 45.4. The SMILES string of the molecule is CC(=O)CC[C@@H](NC(=O)c1ccccc1NC(C)=O)C(=O)O. The van der Waals surface area contributed by atoms with Crippen molar-refractivity contribution in [3.05, 3.63) is 29.8 Å². The van der Waals surface area contributed by atoms with Gasteiger partial charge in [0.25, 0.3) is 5.91 Å². The normalized spacial score (nSPS) is 11.4. The van der Waals surface area contributed by atoms with Gasteiger partial charge in [0.05, 0.1) is 11.3 Å². The van der Waals surface area contributed by atoms with Gasteiger partial charge in [0.2, 0.25) is 5.91 Å². The van der Waals surface area contributed by atoms with E-state index in [2.05, 4.69) is 10.6 Å². The first-order valence-electron chi connectivity index (χ1n) is 6.71. The summed E-state index contributed by atoms with van der Waals surface area (Å²) in [6, 6.07) is 5.10.